The highest BCUT2D eigenvalue weighted by Gasteiger charge is 2.18. The van der Waals surface area contributed by atoms with Crippen LogP contribution in [0.1, 0.15) is 12.8 Å². The number of nitrogens with one attached hydrogen (secondary N) is 1. The molecule has 0 saturated heterocycles. The van der Waals surface area contributed by atoms with Crippen molar-refractivity contribution in [2.45, 2.75) is 17.7 Å². The smallest absolute Gasteiger partial charge is 0.322 e. The normalized spacial score (nSPS) is 11.6. The molecular formula is C21H18ClN3O6S. The Labute approximate surface area is 188 Å². The number of aromatic nitrogens is 2. The minimum Gasteiger partial charge on any atom is -0.493 e. The summed E-state index contributed by atoms with van der Waals surface area (Å²) in [5.41, 5.74) is 0.538. The van der Waals surface area contributed by atoms with Gasteiger partial charge in [-0.05, 0) is 42.8 Å². The van der Waals surface area contributed by atoms with Crippen molar-refractivity contribution in [1.82, 2.24) is 10.2 Å². The van der Waals surface area contributed by atoms with E-state index < -0.39 is 15.7 Å². The molecule has 0 aliphatic carbocycles. The Bertz CT molecular complexity index is 1360. The Kier molecular flexibility index (Phi) is 6.15. The van der Waals surface area contributed by atoms with Gasteiger partial charge in [-0.15, -0.1) is 5.10 Å². The van der Waals surface area contributed by atoms with E-state index in [-0.39, 0.29) is 35.4 Å². The number of carbonyl (C=O) groups excluding carboxylic acids is 1. The summed E-state index contributed by atoms with van der Waals surface area (Å²) < 4.78 is 41.1. The van der Waals surface area contributed by atoms with Crippen LogP contribution < -0.4 is 10.1 Å². The summed E-state index contributed by atoms with van der Waals surface area (Å²) in [6, 6.07) is 12.9. The van der Waals surface area contributed by atoms with Gasteiger partial charge in [0.15, 0.2) is 26.9 Å². The van der Waals surface area contributed by atoms with Crippen molar-refractivity contribution in [3.63, 3.8) is 0 Å². The van der Waals surface area contributed by atoms with Gasteiger partial charge in [0, 0.05) is 16.8 Å². The van der Waals surface area contributed by atoms with E-state index in [2.05, 4.69) is 15.5 Å². The van der Waals surface area contributed by atoms with Crippen LogP contribution in [0.25, 0.3) is 22.6 Å². The van der Waals surface area contributed by atoms with Crippen LogP contribution in [0.2, 0.25) is 5.02 Å². The SMILES string of the molecule is COc1cccc2cc(-c3nnc(NC(=O)CCCS(=O)(=O)c4ccc(Cl)cc4)o3)oc12. The van der Waals surface area contributed by atoms with E-state index in [1.54, 1.807) is 12.1 Å². The summed E-state index contributed by atoms with van der Waals surface area (Å²) >= 11 is 5.78. The second kappa shape index (κ2) is 9.01. The molecule has 4 aromatic rings. The highest BCUT2D eigenvalue weighted by atomic mass is 35.5. The van der Waals surface area contributed by atoms with Crippen LogP contribution in [0.15, 0.2) is 62.3 Å². The van der Waals surface area contributed by atoms with Gasteiger partial charge in [0.05, 0.1) is 17.8 Å². The zero-order valence-electron chi connectivity index (χ0n) is 16.9. The number of anilines is 1. The van der Waals surface area contributed by atoms with Crippen molar-refractivity contribution in [2.75, 3.05) is 18.2 Å². The van der Waals surface area contributed by atoms with Crippen LogP contribution in [0.3, 0.4) is 0 Å². The zero-order valence-corrected chi connectivity index (χ0v) is 18.4. The summed E-state index contributed by atoms with van der Waals surface area (Å²) in [7, 11) is -1.97. The molecule has 166 valence electrons. The molecule has 0 radical (unpaired) electrons. The third kappa shape index (κ3) is 4.76. The fraction of sp³-hybridized carbons (Fsp3) is 0.190. The second-order valence-corrected chi connectivity index (χ2v) is 9.37. The number of fused-ring (bicyclic) bond motifs is 1. The number of methoxy groups -OCH3 is 1. The number of ether oxygens (including phenoxy) is 1. The van der Waals surface area contributed by atoms with Crippen LogP contribution in [-0.2, 0) is 14.6 Å². The monoisotopic (exact) mass is 475 g/mol. The highest BCUT2D eigenvalue weighted by molar-refractivity contribution is 7.91. The number of halogens is 1. The van der Waals surface area contributed by atoms with E-state index >= 15 is 0 Å². The molecule has 0 bridgehead atoms. The maximum absolute atomic E-state index is 12.3. The van der Waals surface area contributed by atoms with Gasteiger partial charge in [-0.25, -0.2) is 8.42 Å². The molecule has 4 rings (SSSR count). The Morgan fingerprint density at radius 2 is 1.91 bits per heavy atom. The van der Waals surface area contributed by atoms with Gasteiger partial charge in [0.2, 0.25) is 5.91 Å². The molecule has 0 spiro atoms. The molecule has 2 aromatic carbocycles. The Morgan fingerprint density at radius 3 is 2.66 bits per heavy atom. The highest BCUT2D eigenvalue weighted by Crippen LogP contribution is 2.33. The first kappa shape index (κ1) is 21.8. The molecule has 2 aromatic heterocycles. The Balaban J connectivity index is 1.35. The summed E-state index contributed by atoms with van der Waals surface area (Å²) in [6.45, 7) is 0. The maximum Gasteiger partial charge on any atom is 0.322 e. The number of hydrogen-bond donors (Lipinski definition) is 1. The van der Waals surface area contributed by atoms with Crippen molar-refractivity contribution in [3.05, 3.63) is 53.6 Å². The lowest BCUT2D eigenvalue weighted by Gasteiger charge is -2.04. The first-order valence-electron chi connectivity index (χ1n) is 9.54. The van der Waals surface area contributed by atoms with E-state index in [9.17, 15) is 13.2 Å². The second-order valence-electron chi connectivity index (χ2n) is 6.83. The third-order valence-corrected chi connectivity index (χ3v) is 6.67. The fourth-order valence-electron chi connectivity index (χ4n) is 3.04. The van der Waals surface area contributed by atoms with Crippen LogP contribution in [-0.4, -0.2) is 37.4 Å². The van der Waals surface area contributed by atoms with Gasteiger partial charge < -0.3 is 13.6 Å². The van der Waals surface area contributed by atoms with Crippen molar-refractivity contribution in [3.8, 4) is 17.4 Å². The van der Waals surface area contributed by atoms with Gasteiger partial charge in [0.1, 0.15) is 0 Å². The largest absolute Gasteiger partial charge is 0.493 e. The predicted molar refractivity (Wildman–Crippen MR) is 117 cm³/mol. The van der Waals surface area contributed by atoms with Gasteiger partial charge in [0.25, 0.3) is 5.89 Å². The van der Waals surface area contributed by atoms with Crippen molar-refractivity contribution in [2.24, 2.45) is 0 Å². The van der Waals surface area contributed by atoms with Crippen LogP contribution in [0.5, 0.6) is 5.75 Å². The zero-order chi connectivity index (χ0) is 22.7. The van der Waals surface area contributed by atoms with Gasteiger partial charge in [-0.2, -0.15) is 0 Å². The number of hydrogen-bond acceptors (Lipinski definition) is 8. The molecule has 1 amide bonds. The number of benzene rings is 2. The van der Waals surface area contributed by atoms with Crippen LogP contribution in [0.4, 0.5) is 6.01 Å². The first-order valence-corrected chi connectivity index (χ1v) is 11.6. The number of para-hydroxylation sites is 1. The molecule has 0 saturated carbocycles. The number of nitrogens with zero attached hydrogens (tertiary/aromatic N) is 2. The molecule has 0 fully saturated rings. The van der Waals surface area contributed by atoms with Crippen LogP contribution in [0, 0.1) is 0 Å². The predicted octanol–water partition coefficient (Wildman–Crippen LogP) is 4.34. The summed E-state index contributed by atoms with van der Waals surface area (Å²) in [4.78, 5) is 12.3. The summed E-state index contributed by atoms with van der Waals surface area (Å²) in [5.74, 6) is 0.348. The molecular weight excluding hydrogens is 458 g/mol. The summed E-state index contributed by atoms with van der Waals surface area (Å²) in [6.07, 6.45) is 0.0908. The standard InChI is InChI=1S/C21H18ClN3O6S/c1-29-16-5-2-4-13-12-17(30-19(13)16)20-24-25-21(31-20)23-18(26)6-3-11-32(27,28)15-9-7-14(22)8-10-15/h2,4-5,7-10,12H,3,6,11H2,1H3,(H,23,25,26). The van der Waals surface area contributed by atoms with E-state index in [0.717, 1.165) is 5.39 Å². The van der Waals surface area contributed by atoms with Crippen LogP contribution >= 0.6 is 11.6 Å². The average molecular weight is 476 g/mol. The van der Waals surface area contributed by atoms with Crippen molar-refractivity contribution < 1.29 is 26.8 Å². The number of carbonyl (C=O) groups is 1. The van der Waals surface area contributed by atoms with E-state index in [1.165, 1.54) is 31.4 Å². The van der Waals surface area contributed by atoms with Crippen molar-refractivity contribution >= 4 is 44.3 Å². The number of furan rings is 1. The van der Waals surface area contributed by atoms with Gasteiger partial charge in [-0.1, -0.05) is 28.8 Å². The lowest BCUT2D eigenvalue weighted by molar-refractivity contribution is -0.116. The minimum atomic E-state index is -3.51. The van der Waals surface area contributed by atoms with Gasteiger partial charge in [-0.3, -0.25) is 10.1 Å². The molecule has 0 aliphatic rings. The molecule has 32 heavy (non-hydrogen) atoms. The average Bonchev–Trinajstić information content (AvgIpc) is 3.40. The van der Waals surface area contributed by atoms with E-state index in [1.807, 2.05) is 12.1 Å². The molecule has 0 unspecified atom stereocenters. The lowest BCUT2D eigenvalue weighted by Crippen LogP contribution is -2.14. The number of sulfone groups is 1. The van der Waals surface area contributed by atoms with Gasteiger partial charge >= 0.3 is 6.01 Å². The molecule has 1 N–H and O–H groups in total. The molecule has 2 heterocycles. The lowest BCUT2D eigenvalue weighted by atomic mass is 10.2. The molecule has 9 nitrogen and oxygen atoms in total. The first-order chi connectivity index (χ1) is 15.4. The number of amides is 1. The molecule has 11 heteroatoms. The fourth-order valence-corrected chi connectivity index (χ4v) is 4.48. The maximum atomic E-state index is 12.3. The molecule has 0 aliphatic heterocycles. The van der Waals surface area contributed by atoms with E-state index in [4.69, 9.17) is 25.2 Å². The Hall–Kier alpha value is -3.37. The molecule has 0 atom stereocenters. The topological polar surface area (TPSA) is 125 Å². The minimum absolute atomic E-state index is 0.0353. The number of rotatable bonds is 8. The Morgan fingerprint density at radius 1 is 1.12 bits per heavy atom. The van der Waals surface area contributed by atoms with Crippen molar-refractivity contribution in [1.29, 1.82) is 0 Å². The summed E-state index contributed by atoms with van der Waals surface area (Å²) in [5, 5.41) is 11.4. The third-order valence-electron chi connectivity index (χ3n) is 4.60. The quantitative estimate of drug-likeness (QED) is 0.399. The van der Waals surface area contributed by atoms with E-state index in [0.29, 0.717) is 22.1 Å².